The third-order valence-corrected chi connectivity index (χ3v) is 7.05. The van der Waals surface area contributed by atoms with E-state index in [4.69, 9.17) is 9.51 Å². The number of nitrogens with zero attached hydrogens (tertiary/aromatic N) is 6. The van der Waals surface area contributed by atoms with Crippen molar-refractivity contribution in [1.29, 1.82) is 0 Å². The van der Waals surface area contributed by atoms with Gasteiger partial charge in [0.1, 0.15) is 0 Å². The number of rotatable bonds is 6. The van der Waals surface area contributed by atoms with Crippen molar-refractivity contribution in [3.05, 3.63) is 65.1 Å². The normalized spacial score (nSPS) is 24.5. The molecule has 0 aliphatic carbocycles. The van der Waals surface area contributed by atoms with Crippen molar-refractivity contribution in [1.82, 2.24) is 29.7 Å². The summed E-state index contributed by atoms with van der Waals surface area (Å²) in [6, 6.07) is 10.8. The van der Waals surface area contributed by atoms with E-state index < -0.39 is 0 Å². The fourth-order valence-electron chi connectivity index (χ4n) is 5.48. The molecule has 7 heteroatoms. The summed E-state index contributed by atoms with van der Waals surface area (Å²) in [6.45, 7) is 13.1. The summed E-state index contributed by atoms with van der Waals surface area (Å²) >= 11 is 0. The van der Waals surface area contributed by atoms with E-state index in [0.29, 0.717) is 11.8 Å². The van der Waals surface area contributed by atoms with Gasteiger partial charge in [-0.2, -0.15) is 10.1 Å². The van der Waals surface area contributed by atoms with Gasteiger partial charge in [-0.3, -0.25) is 14.5 Å². The molecule has 0 N–H and O–H groups in total. The zero-order valence-corrected chi connectivity index (χ0v) is 18.8. The lowest BCUT2D eigenvalue weighted by molar-refractivity contribution is 0.104. The van der Waals surface area contributed by atoms with Crippen LogP contribution in [-0.2, 0) is 25.0 Å². The van der Waals surface area contributed by atoms with Gasteiger partial charge in [-0.25, -0.2) is 0 Å². The number of aromatic nitrogens is 4. The van der Waals surface area contributed by atoms with Gasteiger partial charge in [-0.05, 0) is 38.3 Å². The van der Waals surface area contributed by atoms with Gasteiger partial charge in [-0.15, -0.1) is 0 Å². The van der Waals surface area contributed by atoms with Crippen molar-refractivity contribution in [3.63, 3.8) is 0 Å². The average Bonchev–Trinajstić information content (AvgIpc) is 3.46. The van der Waals surface area contributed by atoms with E-state index >= 15 is 0 Å². The number of benzene rings is 1. The van der Waals surface area contributed by atoms with E-state index in [2.05, 4.69) is 70.4 Å². The maximum absolute atomic E-state index is 5.45. The second-order valence-electron chi connectivity index (χ2n) is 9.24. The van der Waals surface area contributed by atoms with Crippen LogP contribution in [0, 0.1) is 19.8 Å². The molecule has 5 rings (SSSR count). The predicted molar refractivity (Wildman–Crippen MR) is 118 cm³/mol. The van der Waals surface area contributed by atoms with Crippen LogP contribution in [0.4, 0.5) is 0 Å². The Morgan fingerprint density at radius 2 is 1.90 bits per heavy atom. The van der Waals surface area contributed by atoms with Gasteiger partial charge in [0.2, 0.25) is 5.89 Å². The molecule has 4 heterocycles. The molecule has 2 atom stereocenters. The zero-order chi connectivity index (χ0) is 21.4. The van der Waals surface area contributed by atoms with Crippen LogP contribution in [0.25, 0.3) is 0 Å². The third kappa shape index (κ3) is 3.92. The largest absolute Gasteiger partial charge is 0.340 e. The molecular formula is C24H32N6O. The van der Waals surface area contributed by atoms with Crippen molar-refractivity contribution in [2.24, 2.45) is 5.92 Å². The number of fused-ring (bicyclic) bond motifs is 1. The fraction of sp³-hybridized carbons (Fsp3) is 0.542. The molecule has 7 nitrogen and oxygen atoms in total. The van der Waals surface area contributed by atoms with E-state index in [1.807, 2.05) is 11.6 Å². The number of likely N-dealkylation sites (tertiary alicyclic amines) is 2. The lowest BCUT2D eigenvalue weighted by Gasteiger charge is -2.42. The molecule has 0 amide bonds. The molecule has 1 aromatic carbocycles. The van der Waals surface area contributed by atoms with Gasteiger partial charge in [0.25, 0.3) is 0 Å². The topological polar surface area (TPSA) is 63.2 Å². The standard InChI is InChI=1S/C24H32N6O/c1-4-30-14-21(18(2)26-30)13-28-11-10-22-15-29(12-20-8-6-5-7-9-20)17-24(22,16-28)23-25-19(3)31-27-23/h5-9,14,22H,4,10-13,15-17H2,1-3H3/t22-,24-/m0/s1. The first-order chi connectivity index (χ1) is 15.1. The van der Waals surface area contributed by atoms with Crippen LogP contribution in [0.2, 0.25) is 0 Å². The predicted octanol–water partition coefficient (Wildman–Crippen LogP) is 3.18. The first-order valence-electron chi connectivity index (χ1n) is 11.4. The fourth-order valence-corrected chi connectivity index (χ4v) is 5.48. The highest BCUT2D eigenvalue weighted by atomic mass is 16.5. The minimum Gasteiger partial charge on any atom is -0.340 e. The van der Waals surface area contributed by atoms with Crippen molar-refractivity contribution >= 4 is 0 Å². The number of hydrogen-bond acceptors (Lipinski definition) is 6. The average molecular weight is 421 g/mol. The molecule has 0 radical (unpaired) electrons. The Labute approximate surface area is 184 Å². The highest BCUT2D eigenvalue weighted by Gasteiger charge is 2.53. The van der Waals surface area contributed by atoms with Crippen molar-refractivity contribution in [2.45, 2.75) is 52.2 Å². The zero-order valence-electron chi connectivity index (χ0n) is 18.8. The number of aryl methyl sites for hydroxylation is 3. The van der Waals surface area contributed by atoms with Crippen molar-refractivity contribution in [3.8, 4) is 0 Å². The summed E-state index contributed by atoms with van der Waals surface area (Å²) < 4.78 is 7.49. The van der Waals surface area contributed by atoms with Gasteiger partial charge in [0.05, 0.1) is 11.1 Å². The van der Waals surface area contributed by atoms with E-state index in [1.165, 1.54) is 11.1 Å². The molecule has 2 aliphatic rings. The van der Waals surface area contributed by atoms with Gasteiger partial charge < -0.3 is 4.52 Å². The Hall–Kier alpha value is -2.51. The smallest absolute Gasteiger partial charge is 0.223 e. The third-order valence-electron chi connectivity index (χ3n) is 7.05. The van der Waals surface area contributed by atoms with Crippen LogP contribution in [0.15, 0.2) is 41.1 Å². The summed E-state index contributed by atoms with van der Waals surface area (Å²) in [4.78, 5) is 9.88. The summed E-state index contributed by atoms with van der Waals surface area (Å²) in [5, 5.41) is 9.08. The summed E-state index contributed by atoms with van der Waals surface area (Å²) in [7, 11) is 0. The van der Waals surface area contributed by atoms with Gasteiger partial charge in [0.15, 0.2) is 5.82 Å². The summed E-state index contributed by atoms with van der Waals surface area (Å²) in [5.41, 5.74) is 3.73. The van der Waals surface area contributed by atoms with Crippen molar-refractivity contribution < 1.29 is 4.52 Å². The van der Waals surface area contributed by atoms with Gasteiger partial charge >= 0.3 is 0 Å². The lowest BCUT2D eigenvalue weighted by atomic mass is 9.72. The van der Waals surface area contributed by atoms with Crippen LogP contribution in [0.1, 0.15) is 41.9 Å². The molecule has 2 fully saturated rings. The van der Waals surface area contributed by atoms with E-state index in [1.54, 1.807) is 0 Å². The molecule has 2 aliphatic heterocycles. The summed E-state index contributed by atoms with van der Waals surface area (Å²) in [6.07, 6.45) is 3.35. The second kappa shape index (κ2) is 8.20. The Morgan fingerprint density at radius 3 is 2.61 bits per heavy atom. The highest BCUT2D eigenvalue weighted by Crippen LogP contribution is 2.44. The molecule has 2 saturated heterocycles. The highest BCUT2D eigenvalue weighted by molar-refractivity contribution is 5.22. The van der Waals surface area contributed by atoms with E-state index in [9.17, 15) is 0 Å². The summed E-state index contributed by atoms with van der Waals surface area (Å²) in [5.74, 6) is 2.09. The van der Waals surface area contributed by atoms with Crippen LogP contribution in [-0.4, -0.2) is 55.9 Å². The maximum Gasteiger partial charge on any atom is 0.223 e. The van der Waals surface area contributed by atoms with E-state index in [0.717, 1.165) is 63.8 Å². The Kier molecular flexibility index (Phi) is 5.40. The molecule has 31 heavy (non-hydrogen) atoms. The van der Waals surface area contributed by atoms with Gasteiger partial charge in [-0.1, -0.05) is 35.5 Å². The molecule has 0 unspecified atom stereocenters. The minimum absolute atomic E-state index is 0.0839. The van der Waals surface area contributed by atoms with Gasteiger partial charge in [0, 0.05) is 58.0 Å². The van der Waals surface area contributed by atoms with Crippen LogP contribution in [0.5, 0.6) is 0 Å². The maximum atomic E-state index is 5.45. The molecule has 3 aromatic rings. The van der Waals surface area contributed by atoms with Crippen LogP contribution < -0.4 is 0 Å². The molecule has 0 spiro atoms. The Bertz CT molecular complexity index is 1030. The quantitative estimate of drug-likeness (QED) is 0.610. The first-order valence-corrected chi connectivity index (χ1v) is 11.4. The molecular weight excluding hydrogens is 388 g/mol. The first kappa shape index (κ1) is 20.4. The monoisotopic (exact) mass is 420 g/mol. The second-order valence-corrected chi connectivity index (χ2v) is 9.24. The number of piperidine rings is 1. The molecule has 2 aromatic heterocycles. The van der Waals surface area contributed by atoms with E-state index in [-0.39, 0.29) is 5.41 Å². The molecule has 164 valence electrons. The van der Waals surface area contributed by atoms with Crippen LogP contribution >= 0.6 is 0 Å². The SMILES string of the molecule is CCn1cc(CN2CC[C@H]3CN(Cc4ccccc4)C[C@@]3(c3noc(C)n3)C2)c(C)n1. The molecule has 0 saturated carbocycles. The Balaban J connectivity index is 1.40. The van der Waals surface area contributed by atoms with Crippen LogP contribution in [0.3, 0.4) is 0 Å². The van der Waals surface area contributed by atoms with Crippen molar-refractivity contribution in [2.75, 3.05) is 26.2 Å². The molecule has 0 bridgehead atoms. The Morgan fingerprint density at radius 1 is 1.10 bits per heavy atom. The minimum atomic E-state index is -0.0839. The lowest BCUT2D eigenvalue weighted by Crippen LogP contribution is -2.52. The number of hydrogen-bond donors (Lipinski definition) is 0.